The lowest BCUT2D eigenvalue weighted by Gasteiger charge is -2.22. The van der Waals surface area contributed by atoms with Gasteiger partial charge in [-0.2, -0.15) is 0 Å². The molecule has 2 aromatic rings. The molecule has 0 saturated carbocycles. The Bertz CT molecular complexity index is 687. The predicted molar refractivity (Wildman–Crippen MR) is 91.6 cm³/mol. The van der Waals surface area contributed by atoms with Gasteiger partial charge in [-0.25, -0.2) is 5.01 Å². The molecule has 7 heteroatoms. The highest BCUT2D eigenvalue weighted by Crippen LogP contribution is 2.19. The molecule has 1 N–H and O–H groups in total. The third kappa shape index (κ3) is 5.13. The zero-order valence-electron chi connectivity index (χ0n) is 11.9. The predicted octanol–water partition coefficient (Wildman–Crippen LogP) is 3.91. The molecule has 2 rings (SSSR count). The van der Waals surface area contributed by atoms with Gasteiger partial charge >= 0.3 is 0 Å². The Labute approximate surface area is 148 Å². The van der Waals surface area contributed by atoms with E-state index in [1.54, 1.807) is 0 Å². The summed E-state index contributed by atoms with van der Waals surface area (Å²) in [5, 5.41) is 1.83. The van der Waals surface area contributed by atoms with Gasteiger partial charge in [-0.15, -0.1) is 11.6 Å². The summed E-state index contributed by atoms with van der Waals surface area (Å²) in [5.41, 5.74) is 3.64. The van der Waals surface area contributed by atoms with E-state index in [9.17, 15) is 9.59 Å². The van der Waals surface area contributed by atoms with Crippen LogP contribution in [0, 0.1) is 0 Å². The van der Waals surface area contributed by atoms with Crippen molar-refractivity contribution >= 4 is 46.6 Å². The van der Waals surface area contributed by atoms with E-state index < -0.39 is 11.8 Å². The Morgan fingerprint density at radius 3 is 2.17 bits per heavy atom. The van der Waals surface area contributed by atoms with Gasteiger partial charge in [0.05, 0.1) is 6.54 Å². The zero-order chi connectivity index (χ0) is 16.8. The fraction of sp³-hybridized carbons (Fsp3) is 0.125. The summed E-state index contributed by atoms with van der Waals surface area (Å²) in [6, 6.07) is 13.7. The van der Waals surface area contributed by atoms with Gasteiger partial charge in [-0.3, -0.25) is 15.0 Å². The first-order chi connectivity index (χ1) is 11.0. The van der Waals surface area contributed by atoms with Crippen molar-refractivity contribution < 1.29 is 9.59 Å². The molecule has 0 unspecified atom stereocenters. The van der Waals surface area contributed by atoms with E-state index in [1.165, 1.54) is 23.2 Å². The average Bonchev–Trinajstić information content (AvgIpc) is 2.53. The average molecular weight is 372 g/mol. The maximum absolute atomic E-state index is 12.3. The maximum atomic E-state index is 12.3. The number of hydrazine groups is 1. The second-order valence-corrected chi connectivity index (χ2v) is 5.84. The van der Waals surface area contributed by atoms with Gasteiger partial charge in [0.1, 0.15) is 5.88 Å². The van der Waals surface area contributed by atoms with Crippen LogP contribution in [0.25, 0.3) is 0 Å². The van der Waals surface area contributed by atoms with E-state index in [4.69, 9.17) is 34.8 Å². The number of benzene rings is 2. The summed E-state index contributed by atoms with van der Waals surface area (Å²) in [7, 11) is 0. The minimum Gasteiger partial charge on any atom is -0.272 e. The normalized spacial score (nSPS) is 10.2. The van der Waals surface area contributed by atoms with Gasteiger partial charge in [-0.1, -0.05) is 53.5 Å². The van der Waals surface area contributed by atoms with Crippen LogP contribution in [0.4, 0.5) is 0 Å². The lowest BCUT2D eigenvalue weighted by atomic mass is 10.2. The molecule has 0 spiro atoms. The van der Waals surface area contributed by atoms with Crippen molar-refractivity contribution in [1.29, 1.82) is 0 Å². The lowest BCUT2D eigenvalue weighted by Crippen LogP contribution is -2.46. The maximum Gasteiger partial charge on any atom is 0.269 e. The lowest BCUT2D eigenvalue weighted by molar-refractivity contribution is -0.131. The highest BCUT2D eigenvalue weighted by Gasteiger charge is 2.17. The topological polar surface area (TPSA) is 49.4 Å². The standard InChI is InChI=1S/C16H13Cl3N2O2/c17-9-15(22)21(10-11-4-2-1-3-5-11)20-16(23)12-6-13(18)8-14(19)7-12/h1-8H,9-10H2,(H,20,23). The summed E-state index contributed by atoms with van der Waals surface area (Å²) in [6.45, 7) is 0.201. The SMILES string of the molecule is O=C(NN(Cc1ccccc1)C(=O)CCl)c1cc(Cl)cc(Cl)c1. The number of alkyl halides is 1. The van der Waals surface area contributed by atoms with E-state index in [0.717, 1.165) is 5.56 Å². The monoisotopic (exact) mass is 370 g/mol. The summed E-state index contributed by atoms with van der Waals surface area (Å²) < 4.78 is 0. The molecule has 0 aliphatic heterocycles. The van der Waals surface area contributed by atoms with Crippen molar-refractivity contribution in [3.05, 3.63) is 69.7 Å². The first-order valence-electron chi connectivity index (χ1n) is 6.67. The quantitative estimate of drug-likeness (QED) is 0.654. The Morgan fingerprint density at radius 1 is 1.00 bits per heavy atom. The van der Waals surface area contributed by atoms with Gasteiger partial charge in [0.2, 0.25) is 0 Å². The molecular formula is C16H13Cl3N2O2. The van der Waals surface area contributed by atoms with Gasteiger partial charge in [-0.05, 0) is 23.8 Å². The van der Waals surface area contributed by atoms with Crippen LogP contribution in [-0.2, 0) is 11.3 Å². The Hall–Kier alpha value is -1.75. The van der Waals surface area contributed by atoms with E-state index in [0.29, 0.717) is 10.0 Å². The van der Waals surface area contributed by atoms with E-state index in [1.807, 2.05) is 30.3 Å². The number of rotatable bonds is 4. The molecule has 120 valence electrons. The van der Waals surface area contributed by atoms with Crippen LogP contribution in [0.2, 0.25) is 10.0 Å². The largest absolute Gasteiger partial charge is 0.272 e. The molecule has 0 heterocycles. The molecule has 2 aromatic carbocycles. The number of hydrogen-bond donors (Lipinski definition) is 1. The van der Waals surface area contributed by atoms with E-state index >= 15 is 0 Å². The zero-order valence-corrected chi connectivity index (χ0v) is 14.2. The Kier molecular flexibility index (Phi) is 6.28. The van der Waals surface area contributed by atoms with E-state index in [2.05, 4.69) is 5.43 Å². The van der Waals surface area contributed by atoms with Gasteiger partial charge in [0.15, 0.2) is 0 Å². The van der Waals surface area contributed by atoms with Crippen molar-refractivity contribution in [2.24, 2.45) is 0 Å². The number of amides is 2. The number of carbonyl (C=O) groups excluding carboxylic acids is 2. The van der Waals surface area contributed by atoms with Gasteiger partial charge in [0, 0.05) is 15.6 Å². The summed E-state index contributed by atoms with van der Waals surface area (Å²) >= 11 is 17.4. The molecule has 0 atom stereocenters. The highest BCUT2D eigenvalue weighted by atomic mass is 35.5. The summed E-state index contributed by atoms with van der Waals surface area (Å²) in [6.07, 6.45) is 0. The minimum atomic E-state index is -0.496. The fourth-order valence-electron chi connectivity index (χ4n) is 1.90. The summed E-state index contributed by atoms with van der Waals surface area (Å²) in [4.78, 5) is 24.2. The molecule has 0 aromatic heterocycles. The second kappa shape index (κ2) is 8.20. The second-order valence-electron chi connectivity index (χ2n) is 4.70. The third-order valence-electron chi connectivity index (χ3n) is 2.96. The molecule has 0 aliphatic rings. The summed E-state index contributed by atoms with van der Waals surface area (Å²) in [5.74, 6) is -1.16. The van der Waals surface area contributed by atoms with Gasteiger partial charge in [0.25, 0.3) is 11.8 Å². The van der Waals surface area contributed by atoms with Crippen LogP contribution in [-0.4, -0.2) is 22.7 Å². The highest BCUT2D eigenvalue weighted by molar-refractivity contribution is 6.35. The third-order valence-corrected chi connectivity index (χ3v) is 3.63. The van der Waals surface area contributed by atoms with Crippen molar-refractivity contribution in [2.75, 3.05) is 5.88 Å². The van der Waals surface area contributed by atoms with Crippen LogP contribution in [0.15, 0.2) is 48.5 Å². The molecule has 0 saturated heterocycles. The fourth-order valence-corrected chi connectivity index (χ4v) is 2.57. The van der Waals surface area contributed by atoms with Crippen LogP contribution in [0.3, 0.4) is 0 Å². The molecule has 2 amide bonds. The molecule has 0 fully saturated rings. The van der Waals surface area contributed by atoms with Crippen LogP contribution in [0.1, 0.15) is 15.9 Å². The van der Waals surface area contributed by atoms with Crippen LogP contribution in [0.5, 0.6) is 0 Å². The number of carbonyl (C=O) groups is 2. The molecule has 23 heavy (non-hydrogen) atoms. The number of nitrogens with one attached hydrogen (secondary N) is 1. The molecule has 0 radical (unpaired) electrons. The van der Waals surface area contributed by atoms with Gasteiger partial charge < -0.3 is 0 Å². The van der Waals surface area contributed by atoms with Crippen molar-refractivity contribution in [3.63, 3.8) is 0 Å². The number of hydrogen-bond acceptors (Lipinski definition) is 2. The number of nitrogens with zero attached hydrogens (tertiary/aromatic N) is 1. The van der Waals surface area contributed by atoms with Crippen LogP contribution >= 0.6 is 34.8 Å². The Balaban J connectivity index is 2.17. The Morgan fingerprint density at radius 2 is 1.61 bits per heavy atom. The smallest absolute Gasteiger partial charge is 0.269 e. The van der Waals surface area contributed by atoms with Crippen LogP contribution < -0.4 is 5.43 Å². The number of halogens is 3. The molecular weight excluding hydrogens is 359 g/mol. The van der Waals surface area contributed by atoms with Crippen molar-refractivity contribution in [1.82, 2.24) is 10.4 Å². The first kappa shape index (κ1) is 17.6. The van der Waals surface area contributed by atoms with Crippen molar-refractivity contribution in [3.8, 4) is 0 Å². The first-order valence-corrected chi connectivity index (χ1v) is 7.96. The minimum absolute atomic E-state index is 0.201. The molecule has 4 nitrogen and oxygen atoms in total. The molecule has 0 bridgehead atoms. The van der Waals surface area contributed by atoms with E-state index in [-0.39, 0.29) is 18.0 Å². The van der Waals surface area contributed by atoms with Crippen molar-refractivity contribution in [2.45, 2.75) is 6.54 Å². The molecule has 0 aliphatic carbocycles.